The van der Waals surface area contributed by atoms with Gasteiger partial charge in [-0.1, -0.05) is 48.2 Å². The molecule has 2 aromatic rings. The zero-order valence-corrected chi connectivity index (χ0v) is 20.5. The average molecular weight is 425 g/mol. The summed E-state index contributed by atoms with van der Waals surface area (Å²) in [5.74, 6) is 0. The first-order valence-corrected chi connectivity index (χ1v) is 12.8. The summed E-state index contributed by atoms with van der Waals surface area (Å²) < 4.78 is 18.6. The van der Waals surface area contributed by atoms with Crippen molar-refractivity contribution in [2.24, 2.45) is 0 Å². The molecular formula is C26H37N2OP. The SMILES string of the molecule is Cc1cc(C)c(CN2[C@@H]3CCCC[C@H]3N(Cc3c(C)cc(C)cc3C)[PH]2=O)c(C)c1. The van der Waals surface area contributed by atoms with Crippen LogP contribution in [0.2, 0.25) is 0 Å². The first kappa shape index (κ1) is 21.8. The highest BCUT2D eigenvalue weighted by molar-refractivity contribution is 7.39. The van der Waals surface area contributed by atoms with Gasteiger partial charge in [-0.05, 0) is 87.8 Å². The minimum atomic E-state index is -1.98. The number of aryl methyl sites for hydroxylation is 6. The summed E-state index contributed by atoms with van der Waals surface area (Å²) in [5, 5.41) is 0. The van der Waals surface area contributed by atoms with E-state index in [4.69, 9.17) is 0 Å². The average Bonchev–Trinajstić information content (AvgIpc) is 2.92. The van der Waals surface area contributed by atoms with E-state index in [2.05, 4.69) is 75.1 Å². The molecule has 1 saturated carbocycles. The number of fused-ring (bicyclic) bond motifs is 1. The molecule has 0 spiro atoms. The number of nitrogens with zero attached hydrogens (tertiary/aromatic N) is 2. The van der Waals surface area contributed by atoms with Crippen LogP contribution in [-0.4, -0.2) is 21.4 Å². The van der Waals surface area contributed by atoms with Crippen molar-refractivity contribution < 1.29 is 4.57 Å². The second kappa shape index (κ2) is 8.61. The van der Waals surface area contributed by atoms with Crippen molar-refractivity contribution in [2.45, 2.75) is 92.4 Å². The van der Waals surface area contributed by atoms with Gasteiger partial charge >= 0.3 is 0 Å². The molecular weight excluding hydrogens is 387 g/mol. The second-order valence-corrected chi connectivity index (χ2v) is 11.4. The van der Waals surface area contributed by atoms with Crippen LogP contribution in [-0.2, 0) is 17.7 Å². The Bertz CT molecular complexity index is 859. The van der Waals surface area contributed by atoms with E-state index >= 15 is 0 Å². The van der Waals surface area contributed by atoms with Gasteiger partial charge in [-0.3, -0.25) is 4.57 Å². The molecule has 2 atom stereocenters. The Morgan fingerprint density at radius 1 is 0.700 bits per heavy atom. The second-order valence-electron chi connectivity index (χ2n) is 9.71. The molecule has 1 aliphatic carbocycles. The van der Waals surface area contributed by atoms with Gasteiger partial charge in [-0.2, -0.15) is 0 Å². The predicted molar refractivity (Wildman–Crippen MR) is 127 cm³/mol. The third-order valence-corrected chi connectivity index (χ3v) is 9.29. The Balaban J connectivity index is 1.65. The van der Waals surface area contributed by atoms with Gasteiger partial charge in [0.2, 0.25) is 8.10 Å². The molecule has 162 valence electrons. The molecule has 4 heteroatoms. The van der Waals surface area contributed by atoms with Crippen LogP contribution in [0.1, 0.15) is 70.2 Å². The first-order valence-electron chi connectivity index (χ1n) is 11.5. The molecule has 3 nitrogen and oxygen atoms in total. The van der Waals surface area contributed by atoms with Crippen LogP contribution in [0.25, 0.3) is 0 Å². The molecule has 0 aromatic heterocycles. The fourth-order valence-electron chi connectivity index (χ4n) is 5.90. The number of rotatable bonds is 4. The van der Waals surface area contributed by atoms with Gasteiger partial charge < -0.3 is 0 Å². The molecule has 0 N–H and O–H groups in total. The smallest absolute Gasteiger partial charge is 0.206 e. The van der Waals surface area contributed by atoms with Crippen molar-refractivity contribution >= 4 is 8.10 Å². The summed E-state index contributed by atoms with van der Waals surface area (Å²) in [6.45, 7) is 14.8. The van der Waals surface area contributed by atoms with Crippen LogP contribution in [0, 0.1) is 41.5 Å². The van der Waals surface area contributed by atoms with Crippen LogP contribution < -0.4 is 0 Å². The van der Waals surface area contributed by atoms with Crippen molar-refractivity contribution in [3.8, 4) is 0 Å². The topological polar surface area (TPSA) is 23.6 Å². The zero-order chi connectivity index (χ0) is 21.6. The Morgan fingerprint density at radius 2 is 1.03 bits per heavy atom. The van der Waals surface area contributed by atoms with Crippen LogP contribution >= 0.6 is 8.10 Å². The predicted octanol–water partition coefficient (Wildman–Crippen LogP) is 6.56. The van der Waals surface area contributed by atoms with Crippen molar-refractivity contribution in [3.63, 3.8) is 0 Å². The summed E-state index contributed by atoms with van der Waals surface area (Å²) >= 11 is 0. The molecule has 1 aliphatic heterocycles. The lowest BCUT2D eigenvalue weighted by Crippen LogP contribution is -2.39. The van der Waals surface area contributed by atoms with E-state index < -0.39 is 8.10 Å². The summed E-state index contributed by atoms with van der Waals surface area (Å²) in [7, 11) is -1.98. The Morgan fingerprint density at radius 3 is 1.37 bits per heavy atom. The molecule has 2 aliphatic rings. The number of hydrogen-bond donors (Lipinski definition) is 0. The molecule has 1 heterocycles. The molecule has 1 saturated heterocycles. The lowest BCUT2D eigenvalue weighted by atomic mass is 9.89. The first-order chi connectivity index (χ1) is 14.3. The summed E-state index contributed by atoms with van der Waals surface area (Å²) in [6, 6.07) is 9.93. The maximum atomic E-state index is 13.9. The van der Waals surface area contributed by atoms with Crippen LogP contribution in [0.15, 0.2) is 24.3 Å². The van der Waals surface area contributed by atoms with Crippen molar-refractivity contribution in [1.29, 1.82) is 0 Å². The molecule has 0 unspecified atom stereocenters. The van der Waals surface area contributed by atoms with Crippen molar-refractivity contribution in [2.75, 3.05) is 0 Å². The van der Waals surface area contributed by atoms with Crippen LogP contribution in [0.5, 0.6) is 0 Å². The highest BCUT2D eigenvalue weighted by atomic mass is 31.1. The maximum Gasteiger partial charge on any atom is 0.206 e. The molecule has 0 amide bonds. The van der Waals surface area contributed by atoms with E-state index in [9.17, 15) is 4.57 Å². The fourth-order valence-corrected chi connectivity index (χ4v) is 7.98. The third-order valence-electron chi connectivity index (χ3n) is 7.32. The highest BCUT2D eigenvalue weighted by Crippen LogP contribution is 2.52. The van der Waals surface area contributed by atoms with E-state index in [0.717, 1.165) is 13.1 Å². The molecule has 30 heavy (non-hydrogen) atoms. The monoisotopic (exact) mass is 424 g/mol. The van der Waals surface area contributed by atoms with E-state index in [0.29, 0.717) is 12.1 Å². The van der Waals surface area contributed by atoms with Crippen molar-refractivity contribution in [1.82, 2.24) is 9.34 Å². The molecule has 0 radical (unpaired) electrons. The summed E-state index contributed by atoms with van der Waals surface area (Å²) in [4.78, 5) is 0. The normalized spacial score (nSPS) is 23.1. The van der Waals surface area contributed by atoms with E-state index in [1.54, 1.807) is 0 Å². The molecule has 0 bridgehead atoms. The lowest BCUT2D eigenvalue weighted by Gasteiger charge is -2.32. The Kier molecular flexibility index (Phi) is 6.26. The van der Waals surface area contributed by atoms with Crippen LogP contribution in [0.3, 0.4) is 0 Å². The van der Waals surface area contributed by atoms with E-state index in [1.807, 2.05) is 0 Å². The van der Waals surface area contributed by atoms with Gasteiger partial charge in [0.05, 0.1) is 0 Å². The van der Waals surface area contributed by atoms with Crippen molar-refractivity contribution in [3.05, 3.63) is 68.8 Å². The van der Waals surface area contributed by atoms with E-state index in [1.165, 1.54) is 70.2 Å². The standard InChI is InChI=1S/C26H37N2OP/c1-17-11-19(3)23(20(4)12-17)15-27-25-9-7-8-10-26(25)28(30(27)29)16-24-21(5)13-18(2)14-22(24)6/h11-14,25-26,30H,7-10,15-16H2,1-6H3/t25-,26-/m1/s1. The zero-order valence-electron chi connectivity index (χ0n) is 19.5. The Hall–Kier alpha value is -1.41. The van der Waals surface area contributed by atoms with Gasteiger partial charge in [0.25, 0.3) is 0 Å². The van der Waals surface area contributed by atoms with Crippen LogP contribution in [0.4, 0.5) is 0 Å². The van der Waals surface area contributed by atoms with Gasteiger partial charge in [0.1, 0.15) is 0 Å². The van der Waals surface area contributed by atoms with Gasteiger partial charge in [-0.25, -0.2) is 9.34 Å². The Labute approximate surface area is 183 Å². The molecule has 2 aromatic carbocycles. The van der Waals surface area contributed by atoms with Gasteiger partial charge in [0, 0.05) is 25.2 Å². The quantitative estimate of drug-likeness (QED) is 0.520. The summed E-state index contributed by atoms with van der Waals surface area (Å²) in [5.41, 5.74) is 10.7. The minimum absolute atomic E-state index is 0.427. The third kappa shape index (κ3) is 4.05. The maximum absolute atomic E-state index is 13.9. The number of hydrogen-bond acceptors (Lipinski definition) is 1. The fraction of sp³-hybridized carbons (Fsp3) is 0.538. The van der Waals surface area contributed by atoms with E-state index in [-0.39, 0.29) is 0 Å². The lowest BCUT2D eigenvalue weighted by molar-refractivity contribution is 0.197. The molecule has 4 rings (SSSR count). The minimum Gasteiger partial charge on any atom is -0.292 e. The van der Waals surface area contributed by atoms with Gasteiger partial charge in [-0.15, -0.1) is 0 Å². The molecule has 2 fully saturated rings. The number of benzene rings is 2. The van der Waals surface area contributed by atoms with Gasteiger partial charge in [0.15, 0.2) is 0 Å². The summed E-state index contributed by atoms with van der Waals surface area (Å²) in [6.07, 6.45) is 4.87. The largest absolute Gasteiger partial charge is 0.292 e. The highest BCUT2D eigenvalue weighted by Gasteiger charge is 2.46.